The van der Waals surface area contributed by atoms with Gasteiger partial charge in [-0.1, -0.05) is 13.8 Å². The Morgan fingerprint density at radius 3 is 2.56 bits per heavy atom. The van der Waals surface area contributed by atoms with Gasteiger partial charge in [0.15, 0.2) is 5.82 Å². The molecule has 0 aliphatic carbocycles. The van der Waals surface area contributed by atoms with E-state index in [1.54, 1.807) is 32.2 Å². The van der Waals surface area contributed by atoms with Crippen LogP contribution in [0.15, 0.2) is 36.7 Å². The van der Waals surface area contributed by atoms with Gasteiger partial charge in [-0.2, -0.15) is 0 Å². The zero-order chi connectivity index (χ0) is 19.2. The van der Waals surface area contributed by atoms with Crippen molar-refractivity contribution in [3.63, 3.8) is 0 Å². The SMILES string of the molecule is CC(C)C(=O)Nc1cc(C(=O)Nc2cccnc2N2CCCCC2)ccn1. The number of carbonyl (C=O) groups excluding carboxylic acids is 2. The van der Waals surface area contributed by atoms with Crippen LogP contribution in [0.2, 0.25) is 0 Å². The lowest BCUT2D eigenvalue weighted by Gasteiger charge is -2.29. The molecule has 27 heavy (non-hydrogen) atoms. The largest absolute Gasteiger partial charge is 0.355 e. The van der Waals surface area contributed by atoms with E-state index in [0.717, 1.165) is 31.7 Å². The molecule has 2 N–H and O–H groups in total. The van der Waals surface area contributed by atoms with Crippen LogP contribution in [0.25, 0.3) is 0 Å². The summed E-state index contributed by atoms with van der Waals surface area (Å²) in [6.07, 6.45) is 6.75. The predicted octanol–water partition coefficient (Wildman–Crippen LogP) is 3.31. The van der Waals surface area contributed by atoms with E-state index in [1.165, 1.54) is 12.6 Å². The van der Waals surface area contributed by atoms with Gasteiger partial charge in [-0.3, -0.25) is 9.59 Å². The lowest BCUT2D eigenvalue weighted by molar-refractivity contribution is -0.118. The van der Waals surface area contributed by atoms with Crippen molar-refractivity contribution in [3.05, 3.63) is 42.2 Å². The fraction of sp³-hybridized carbons (Fsp3) is 0.400. The third kappa shape index (κ3) is 4.81. The summed E-state index contributed by atoms with van der Waals surface area (Å²) in [5.41, 5.74) is 1.12. The van der Waals surface area contributed by atoms with E-state index in [-0.39, 0.29) is 17.7 Å². The molecule has 7 heteroatoms. The molecule has 0 radical (unpaired) electrons. The van der Waals surface area contributed by atoms with Crippen molar-refractivity contribution < 1.29 is 9.59 Å². The van der Waals surface area contributed by atoms with Gasteiger partial charge in [0.05, 0.1) is 5.69 Å². The number of hydrogen-bond acceptors (Lipinski definition) is 5. The molecule has 1 fully saturated rings. The molecule has 1 aliphatic rings. The van der Waals surface area contributed by atoms with Crippen LogP contribution in [-0.4, -0.2) is 34.9 Å². The molecule has 2 aromatic rings. The zero-order valence-corrected chi connectivity index (χ0v) is 15.7. The summed E-state index contributed by atoms with van der Waals surface area (Å²) in [5.74, 6) is 0.604. The number of anilines is 3. The number of amides is 2. The molecule has 0 unspecified atom stereocenters. The molecule has 0 saturated carbocycles. The summed E-state index contributed by atoms with van der Waals surface area (Å²) in [6.45, 7) is 5.49. The van der Waals surface area contributed by atoms with Crippen molar-refractivity contribution in [2.24, 2.45) is 5.92 Å². The Morgan fingerprint density at radius 1 is 1.04 bits per heavy atom. The maximum atomic E-state index is 12.7. The van der Waals surface area contributed by atoms with Crippen LogP contribution in [0.5, 0.6) is 0 Å². The van der Waals surface area contributed by atoms with Crippen LogP contribution >= 0.6 is 0 Å². The number of hydrogen-bond donors (Lipinski definition) is 2. The second-order valence-electron chi connectivity index (χ2n) is 6.95. The average molecular weight is 367 g/mol. The molecule has 2 aromatic heterocycles. The molecule has 3 heterocycles. The topological polar surface area (TPSA) is 87.2 Å². The number of pyridine rings is 2. The van der Waals surface area contributed by atoms with E-state index in [0.29, 0.717) is 17.1 Å². The maximum Gasteiger partial charge on any atom is 0.255 e. The highest BCUT2D eigenvalue weighted by Gasteiger charge is 2.18. The summed E-state index contributed by atoms with van der Waals surface area (Å²) < 4.78 is 0. The predicted molar refractivity (Wildman–Crippen MR) is 106 cm³/mol. The molecule has 0 atom stereocenters. The second-order valence-corrected chi connectivity index (χ2v) is 6.95. The molecule has 1 saturated heterocycles. The summed E-state index contributed by atoms with van der Waals surface area (Å²) in [4.78, 5) is 35.3. The van der Waals surface area contributed by atoms with Crippen LogP contribution in [0.4, 0.5) is 17.3 Å². The molecule has 2 amide bonds. The van der Waals surface area contributed by atoms with Crippen LogP contribution in [0.1, 0.15) is 43.5 Å². The summed E-state index contributed by atoms with van der Waals surface area (Å²) >= 11 is 0. The first kappa shape index (κ1) is 18.8. The monoisotopic (exact) mass is 367 g/mol. The van der Waals surface area contributed by atoms with Crippen molar-refractivity contribution in [1.82, 2.24) is 9.97 Å². The van der Waals surface area contributed by atoms with Gasteiger partial charge in [0.25, 0.3) is 5.91 Å². The van der Waals surface area contributed by atoms with Crippen molar-refractivity contribution in [2.75, 3.05) is 28.6 Å². The highest BCUT2D eigenvalue weighted by atomic mass is 16.2. The standard InChI is InChI=1S/C20H25N5O2/c1-14(2)19(26)24-17-13-15(8-10-21-17)20(27)23-16-7-6-9-22-18(16)25-11-4-3-5-12-25/h6-10,13-14H,3-5,11-12H2,1-2H3,(H,23,27)(H,21,24,26). The van der Waals surface area contributed by atoms with Gasteiger partial charge in [0.2, 0.25) is 5.91 Å². The van der Waals surface area contributed by atoms with Crippen molar-refractivity contribution in [3.8, 4) is 0 Å². The number of rotatable bonds is 5. The van der Waals surface area contributed by atoms with Crippen molar-refractivity contribution in [2.45, 2.75) is 33.1 Å². The number of carbonyl (C=O) groups is 2. The van der Waals surface area contributed by atoms with Gasteiger partial charge in [0, 0.05) is 37.0 Å². The molecule has 142 valence electrons. The second kappa shape index (κ2) is 8.62. The first-order valence-electron chi connectivity index (χ1n) is 9.33. The zero-order valence-electron chi connectivity index (χ0n) is 15.7. The van der Waals surface area contributed by atoms with E-state index in [2.05, 4.69) is 25.5 Å². The van der Waals surface area contributed by atoms with Crippen LogP contribution < -0.4 is 15.5 Å². The fourth-order valence-corrected chi connectivity index (χ4v) is 2.96. The van der Waals surface area contributed by atoms with E-state index in [4.69, 9.17) is 0 Å². The first-order valence-corrected chi connectivity index (χ1v) is 9.33. The quantitative estimate of drug-likeness (QED) is 0.846. The Balaban J connectivity index is 1.75. The highest BCUT2D eigenvalue weighted by molar-refractivity contribution is 6.06. The molecule has 0 aromatic carbocycles. The summed E-state index contributed by atoms with van der Waals surface area (Å²) in [7, 11) is 0. The normalized spacial score (nSPS) is 14.1. The summed E-state index contributed by atoms with van der Waals surface area (Å²) in [6, 6.07) is 6.87. The number of aromatic nitrogens is 2. The van der Waals surface area contributed by atoms with E-state index >= 15 is 0 Å². The molecule has 0 bridgehead atoms. The van der Waals surface area contributed by atoms with E-state index in [1.807, 2.05) is 12.1 Å². The number of nitrogens with zero attached hydrogens (tertiary/aromatic N) is 3. The van der Waals surface area contributed by atoms with Gasteiger partial charge in [-0.25, -0.2) is 9.97 Å². The Hall–Kier alpha value is -2.96. The molecule has 3 rings (SSSR count). The van der Waals surface area contributed by atoms with Gasteiger partial charge < -0.3 is 15.5 Å². The van der Waals surface area contributed by atoms with E-state index < -0.39 is 0 Å². The first-order chi connectivity index (χ1) is 13.0. The third-order valence-corrected chi connectivity index (χ3v) is 4.49. The van der Waals surface area contributed by atoms with Crippen molar-refractivity contribution >= 4 is 29.1 Å². The maximum absolute atomic E-state index is 12.7. The van der Waals surface area contributed by atoms with Gasteiger partial charge >= 0.3 is 0 Å². The van der Waals surface area contributed by atoms with Crippen LogP contribution in [0.3, 0.4) is 0 Å². The molecule has 0 spiro atoms. The molecular weight excluding hydrogens is 342 g/mol. The lowest BCUT2D eigenvalue weighted by atomic mass is 10.1. The van der Waals surface area contributed by atoms with Gasteiger partial charge in [-0.05, 0) is 43.5 Å². The molecule has 1 aliphatic heterocycles. The Morgan fingerprint density at radius 2 is 1.81 bits per heavy atom. The molecule has 7 nitrogen and oxygen atoms in total. The highest BCUT2D eigenvalue weighted by Crippen LogP contribution is 2.26. The van der Waals surface area contributed by atoms with Crippen LogP contribution in [-0.2, 0) is 4.79 Å². The lowest BCUT2D eigenvalue weighted by Crippen LogP contribution is -2.31. The summed E-state index contributed by atoms with van der Waals surface area (Å²) in [5, 5.41) is 5.66. The number of piperidine rings is 1. The van der Waals surface area contributed by atoms with Gasteiger partial charge in [-0.15, -0.1) is 0 Å². The van der Waals surface area contributed by atoms with Gasteiger partial charge in [0.1, 0.15) is 5.82 Å². The smallest absolute Gasteiger partial charge is 0.255 e. The minimum absolute atomic E-state index is 0.139. The third-order valence-electron chi connectivity index (χ3n) is 4.49. The fourth-order valence-electron chi connectivity index (χ4n) is 2.96. The average Bonchev–Trinajstić information content (AvgIpc) is 2.69. The number of nitrogens with one attached hydrogen (secondary N) is 2. The Bertz CT molecular complexity index is 816. The Kier molecular flexibility index (Phi) is 6.01. The Labute approximate surface area is 159 Å². The minimum atomic E-state index is -0.260. The molecular formula is C20H25N5O2. The van der Waals surface area contributed by atoms with Crippen molar-refractivity contribution in [1.29, 1.82) is 0 Å². The van der Waals surface area contributed by atoms with Crippen LogP contribution in [0, 0.1) is 5.92 Å². The minimum Gasteiger partial charge on any atom is -0.355 e. The van der Waals surface area contributed by atoms with E-state index in [9.17, 15) is 9.59 Å².